The molecule has 1 atom stereocenters. The summed E-state index contributed by atoms with van der Waals surface area (Å²) < 4.78 is 29.7. The highest BCUT2D eigenvalue weighted by Gasteiger charge is 2.26. The number of hydrogen-bond donors (Lipinski definition) is 1. The van der Waals surface area contributed by atoms with Gasteiger partial charge in [-0.1, -0.05) is 69.3 Å². The minimum absolute atomic E-state index is 0.00932. The van der Waals surface area contributed by atoms with Crippen molar-refractivity contribution in [2.75, 3.05) is 19.6 Å². The second kappa shape index (κ2) is 13.1. The Morgan fingerprint density at radius 2 is 1.68 bits per heavy atom. The molecule has 37 heavy (non-hydrogen) atoms. The number of nitriles is 1. The summed E-state index contributed by atoms with van der Waals surface area (Å²) in [7, 11) is -4.04. The van der Waals surface area contributed by atoms with Gasteiger partial charge in [0.05, 0.1) is 22.7 Å². The first-order chi connectivity index (χ1) is 17.8. The molecule has 0 saturated heterocycles. The Morgan fingerprint density at radius 1 is 1.03 bits per heavy atom. The Labute approximate surface area is 221 Å². The van der Waals surface area contributed by atoms with E-state index in [1.54, 1.807) is 66.0 Å². The molecule has 0 radical (unpaired) electrons. The van der Waals surface area contributed by atoms with Crippen LogP contribution in [-0.2, 0) is 10.0 Å². The molecule has 1 unspecified atom stereocenters. The highest BCUT2D eigenvalue weighted by atomic mass is 32.2. The molecule has 0 aliphatic carbocycles. The summed E-state index contributed by atoms with van der Waals surface area (Å²) in [5.41, 5.74) is 0.430. The van der Waals surface area contributed by atoms with Crippen molar-refractivity contribution in [1.29, 1.82) is 5.26 Å². The molecule has 0 aliphatic rings. The van der Waals surface area contributed by atoms with Crippen LogP contribution in [0.3, 0.4) is 0 Å². The van der Waals surface area contributed by atoms with Crippen LogP contribution < -0.4 is 5.56 Å². The molecular formula is C27H29N5O3S2. The number of rotatable bonds is 8. The van der Waals surface area contributed by atoms with Crippen molar-refractivity contribution < 1.29 is 8.42 Å². The number of hydrogen-bond acceptors (Lipinski definition) is 7. The molecule has 2 aromatic carbocycles. The first-order valence-corrected chi connectivity index (χ1v) is 14.2. The molecule has 0 amide bonds. The van der Waals surface area contributed by atoms with Crippen LogP contribution in [0.2, 0.25) is 0 Å². The van der Waals surface area contributed by atoms with Gasteiger partial charge in [0.2, 0.25) is 0 Å². The first kappa shape index (κ1) is 27.9. The van der Waals surface area contributed by atoms with Crippen LogP contribution in [0.4, 0.5) is 0 Å². The van der Waals surface area contributed by atoms with Crippen molar-refractivity contribution in [2.24, 2.45) is 4.40 Å². The fraction of sp³-hybridized carbons (Fsp3) is 0.259. The Kier molecular flexibility index (Phi) is 9.85. The predicted octanol–water partition coefficient (Wildman–Crippen LogP) is 4.82. The van der Waals surface area contributed by atoms with E-state index in [0.29, 0.717) is 16.5 Å². The van der Waals surface area contributed by atoms with E-state index in [2.05, 4.69) is 46.1 Å². The average molecular weight is 536 g/mol. The molecule has 4 rings (SSSR count). The van der Waals surface area contributed by atoms with Crippen molar-refractivity contribution in [3.63, 3.8) is 0 Å². The van der Waals surface area contributed by atoms with Crippen molar-refractivity contribution in [2.45, 2.75) is 30.9 Å². The van der Waals surface area contributed by atoms with Gasteiger partial charge < -0.3 is 9.88 Å². The SMILES string of the molecule is CCN(CC)CC.N#CC(C(=NS(=O)(=O)c1cccs1)c1ccccc1)c1nc2ccccc2c(=O)[nH]1. The summed E-state index contributed by atoms with van der Waals surface area (Å²) in [4.78, 5) is 21.9. The number of H-pyrrole nitrogens is 1. The van der Waals surface area contributed by atoms with Gasteiger partial charge in [-0.15, -0.1) is 11.3 Å². The monoisotopic (exact) mass is 535 g/mol. The third-order valence-corrected chi connectivity index (χ3v) is 8.35. The van der Waals surface area contributed by atoms with E-state index < -0.39 is 21.5 Å². The highest BCUT2D eigenvalue weighted by Crippen LogP contribution is 2.24. The maximum atomic E-state index is 12.8. The molecule has 8 nitrogen and oxygen atoms in total. The van der Waals surface area contributed by atoms with Crippen LogP contribution in [0.1, 0.15) is 38.1 Å². The minimum Gasteiger partial charge on any atom is -0.309 e. The largest absolute Gasteiger partial charge is 0.309 e. The third-order valence-electron chi connectivity index (χ3n) is 5.69. The van der Waals surface area contributed by atoms with Gasteiger partial charge in [-0.2, -0.15) is 18.1 Å². The summed E-state index contributed by atoms with van der Waals surface area (Å²) in [5.74, 6) is -1.16. The lowest BCUT2D eigenvalue weighted by atomic mass is 9.97. The van der Waals surface area contributed by atoms with Gasteiger partial charge in [0, 0.05) is 0 Å². The van der Waals surface area contributed by atoms with E-state index in [4.69, 9.17) is 0 Å². The summed E-state index contributed by atoms with van der Waals surface area (Å²) in [6.45, 7) is 10.1. The molecule has 2 heterocycles. The van der Waals surface area contributed by atoms with E-state index in [1.807, 2.05) is 0 Å². The van der Waals surface area contributed by atoms with Crippen LogP contribution in [0.25, 0.3) is 10.9 Å². The number of aromatic nitrogens is 2. The lowest BCUT2D eigenvalue weighted by Crippen LogP contribution is -2.21. The number of para-hydroxylation sites is 1. The molecule has 10 heteroatoms. The predicted molar refractivity (Wildman–Crippen MR) is 149 cm³/mol. The van der Waals surface area contributed by atoms with Gasteiger partial charge in [-0.05, 0) is 48.8 Å². The Bertz CT molecular complexity index is 1530. The van der Waals surface area contributed by atoms with Crippen molar-refractivity contribution in [3.05, 3.63) is 93.9 Å². The zero-order valence-corrected chi connectivity index (χ0v) is 22.6. The lowest BCUT2D eigenvalue weighted by molar-refractivity contribution is 0.321. The van der Waals surface area contributed by atoms with Crippen LogP contribution in [-0.4, -0.2) is 48.6 Å². The number of thiophene rings is 1. The number of nitrogens with one attached hydrogen (secondary N) is 1. The zero-order valence-electron chi connectivity index (χ0n) is 21.0. The Balaban J connectivity index is 0.000000479. The highest BCUT2D eigenvalue weighted by molar-refractivity contribution is 7.92. The van der Waals surface area contributed by atoms with Crippen LogP contribution in [0, 0.1) is 11.3 Å². The maximum absolute atomic E-state index is 12.8. The smallest absolute Gasteiger partial charge is 0.292 e. The summed E-state index contributed by atoms with van der Waals surface area (Å²) in [6, 6.07) is 20.4. The van der Waals surface area contributed by atoms with E-state index >= 15 is 0 Å². The molecular weight excluding hydrogens is 506 g/mol. The van der Waals surface area contributed by atoms with E-state index in [-0.39, 0.29) is 15.7 Å². The maximum Gasteiger partial charge on any atom is 0.292 e. The van der Waals surface area contributed by atoms with Gasteiger partial charge in [0.25, 0.3) is 15.6 Å². The lowest BCUT2D eigenvalue weighted by Gasteiger charge is -2.13. The molecule has 0 saturated carbocycles. The number of benzene rings is 2. The Morgan fingerprint density at radius 3 is 2.24 bits per heavy atom. The van der Waals surface area contributed by atoms with Gasteiger partial charge >= 0.3 is 0 Å². The number of nitrogens with zero attached hydrogens (tertiary/aromatic N) is 4. The first-order valence-electron chi connectivity index (χ1n) is 11.9. The zero-order chi connectivity index (χ0) is 26.8. The van der Waals surface area contributed by atoms with Crippen molar-refractivity contribution in [1.82, 2.24) is 14.9 Å². The van der Waals surface area contributed by atoms with E-state index in [1.165, 1.54) is 25.7 Å². The number of sulfonamides is 1. The quantitative estimate of drug-likeness (QED) is 0.323. The third kappa shape index (κ3) is 6.98. The van der Waals surface area contributed by atoms with Gasteiger partial charge in [0.1, 0.15) is 16.0 Å². The molecule has 4 aromatic rings. The topological polar surface area (TPSA) is 119 Å². The summed E-state index contributed by atoms with van der Waals surface area (Å²) >= 11 is 1.04. The van der Waals surface area contributed by atoms with Crippen LogP contribution in [0.5, 0.6) is 0 Å². The van der Waals surface area contributed by atoms with Gasteiger partial charge in [-0.3, -0.25) is 4.79 Å². The normalized spacial score (nSPS) is 12.6. The molecule has 192 valence electrons. The standard InChI is InChI=1S/C21H14N4O3S2.C6H15N/c22-13-16(20-23-17-10-5-4-9-15(17)21(26)24-20)19(14-7-2-1-3-8-14)25-30(27,28)18-11-6-12-29-18;1-4-7(5-2)6-3/h1-12,16H,(H,23,24,26);4-6H2,1-3H3. The second-order valence-electron chi connectivity index (χ2n) is 7.90. The fourth-order valence-electron chi connectivity index (χ4n) is 3.63. The molecule has 1 N–H and O–H groups in total. The molecule has 0 bridgehead atoms. The molecule has 0 spiro atoms. The number of aromatic amines is 1. The van der Waals surface area contributed by atoms with Gasteiger partial charge in [-0.25, -0.2) is 4.98 Å². The Hall–Kier alpha value is -3.65. The molecule has 0 aliphatic heterocycles. The average Bonchev–Trinajstić information content (AvgIpc) is 3.47. The van der Waals surface area contributed by atoms with E-state index in [0.717, 1.165) is 11.3 Å². The van der Waals surface area contributed by atoms with Crippen LogP contribution >= 0.6 is 11.3 Å². The molecule has 2 aromatic heterocycles. The number of fused-ring (bicyclic) bond motifs is 1. The summed E-state index contributed by atoms with van der Waals surface area (Å²) in [6.07, 6.45) is 0. The van der Waals surface area contributed by atoms with E-state index in [9.17, 15) is 18.5 Å². The summed E-state index contributed by atoms with van der Waals surface area (Å²) in [5, 5.41) is 11.9. The van der Waals surface area contributed by atoms with Gasteiger partial charge in [0.15, 0.2) is 0 Å². The van der Waals surface area contributed by atoms with Crippen molar-refractivity contribution in [3.8, 4) is 6.07 Å². The second-order valence-corrected chi connectivity index (χ2v) is 10.7. The minimum atomic E-state index is -4.04. The van der Waals surface area contributed by atoms with Crippen molar-refractivity contribution >= 4 is 38.0 Å². The van der Waals surface area contributed by atoms with Crippen LogP contribution in [0.15, 0.2) is 85.5 Å². The fourth-order valence-corrected chi connectivity index (χ4v) is 5.65. The molecule has 0 fully saturated rings.